The van der Waals surface area contributed by atoms with E-state index in [1.54, 1.807) is 0 Å². The van der Waals surface area contributed by atoms with E-state index in [0.717, 1.165) is 0 Å². The Morgan fingerprint density at radius 2 is 1.46 bits per heavy atom. The van der Waals surface area contributed by atoms with Crippen LogP contribution < -0.4 is 5.54 Å². The van der Waals surface area contributed by atoms with E-state index in [4.69, 9.17) is 14.2 Å². The lowest BCUT2D eigenvalue weighted by Crippen LogP contribution is -2.14. The van der Waals surface area contributed by atoms with Crippen LogP contribution in [-0.4, -0.2) is 46.2 Å². The molecular formula is C8H18FNO3. The lowest BCUT2D eigenvalue weighted by Gasteiger charge is -2.04. The van der Waals surface area contributed by atoms with Gasteiger partial charge in [0.1, 0.15) is 0 Å². The van der Waals surface area contributed by atoms with E-state index >= 15 is 0 Å². The van der Waals surface area contributed by atoms with Crippen molar-refractivity contribution < 1.29 is 18.7 Å². The maximum absolute atomic E-state index is 11.3. The molecule has 0 aromatic carbocycles. The second-order valence-electron chi connectivity index (χ2n) is 2.31. The second-order valence-corrected chi connectivity index (χ2v) is 2.31. The van der Waals surface area contributed by atoms with Crippen LogP contribution in [0.5, 0.6) is 0 Å². The van der Waals surface area contributed by atoms with Gasteiger partial charge in [-0.05, 0) is 6.92 Å². The van der Waals surface area contributed by atoms with Gasteiger partial charge >= 0.3 is 0 Å². The predicted molar refractivity (Wildman–Crippen MR) is 47.2 cm³/mol. The first-order chi connectivity index (χ1) is 6.41. The molecule has 80 valence electrons. The van der Waals surface area contributed by atoms with Gasteiger partial charge in [-0.3, -0.25) is 0 Å². The summed E-state index contributed by atoms with van der Waals surface area (Å²) in [5, 5.41) is 0. The standard InChI is InChI=1S/C8H18FNO3/c1-2-11-5-6-13-8-7-12-4-3-10-9/h10H,2-8H2,1H3. The summed E-state index contributed by atoms with van der Waals surface area (Å²) in [6.07, 6.45) is 0. The zero-order valence-electron chi connectivity index (χ0n) is 8.05. The average Bonchev–Trinajstić information content (AvgIpc) is 2.16. The van der Waals surface area contributed by atoms with Crippen LogP contribution >= 0.6 is 0 Å². The molecule has 0 aliphatic carbocycles. The molecule has 0 fully saturated rings. The fraction of sp³-hybridized carbons (Fsp3) is 1.00. The third-order valence-electron chi connectivity index (χ3n) is 1.29. The number of hydrogen-bond donors (Lipinski definition) is 1. The molecular weight excluding hydrogens is 177 g/mol. The van der Waals surface area contributed by atoms with Crippen molar-refractivity contribution in [2.45, 2.75) is 6.92 Å². The van der Waals surface area contributed by atoms with E-state index < -0.39 is 0 Å². The molecule has 0 spiro atoms. The average molecular weight is 195 g/mol. The topological polar surface area (TPSA) is 39.7 Å². The van der Waals surface area contributed by atoms with Crippen molar-refractivity contribution in [1.29, 1.82) is 0 Å². The summed E-state index contributed by atoms with van der Waals surface area (Å²) in [6, 6.07) is 0. The molecule has 5 heteroatoms. The van der Waals surface area contributed by atoms with Gasteiger partial charge in [0.05, 0.1) is 33.0 Å². The third-order valence-corrected chi connectivity index (χ3v) is 1.29. The molecule has 0 aliphatic rings. The zero-order chi connectivity index (χ0) is 9.78. The number of halogens is 1. The summed E-state index contributed by atoms with van der Waals surface area (Å²) in [7, 11) is 0. The largest absolute Gasteiger partial charge is 0.379 e. The Hall–Kier alpha value is -0.230. The van der Waals surface area contributed by atoms with Crippen molar-refractivity contribution >= 4 is 0 Å². The number of rotatable bonds is 10. The van der Waals surface area contributed by atoms with Crippen LogP contribution in [0.25, 0.3) is 0 Å². The van der Waals surface area contributed by atoms with Gasteiger partial charge in [0.2, 0.25) is 0 Å². The SMILES string of the molecule is CCOCCOCCOCCNF. The molecule has 0 saturated carbocycles. The predicted octanol–water partition coefficient (Wildman–Crippen LogP) is 0.530. The summed E-state index contributed by atoms with van der Waals surface area (Å²) in [5.41, 5.74) is 1.50. The molecule has 13 heavy (non-hydrogen) atoms. The minimum absolute atomic E-state index is 0.221. The Morgan fingerprint density at radius 3 is 2.00 bits per heavy atom. The summed E-state index contributed by atoms with van der Waals surface area (Å²) in [5.74, 6) is 0. The summed E-state index contributed by atoms with van der Waals surface area (Å²) in [6.45, 7) is 5.45. The van der Waals surface area contributed by atoms with Gasteiger partial charge in [0, 0.05) is 13.2 Å². The van der Waals surface area contributed by atoms with Gasteiger partial charge in [-0.1, -0.05) is 0 Å². The van der Waals surface area contributed by atoms with Crippen LogP contribution in [0.3, 0.4) is 0 Å². The first-order valence-electron chi connectivity index (χ1n) is 4.48. The van der Waals surface area contributed by atoms with Crippen molar-refractivity contribution in [3.05, 3.63) is 0 Å². The van der Waals surface area contributed by atoms with Gasteiger partial charge in [-0.25, -0.2) is 0 Å². The van der Waals surface area contributed by atoms with Crippen molar-refractivity contribution in [3.63, 3.8) is 0 Å². The monoisotopic (exact) mass is 195 g/mol. The summed E-state index contributed by atoms with van der Waals surface area (Å²) < 4.78 is 26.5. The van der Waals surface area contributed by atoms with Crippen molar-refractivity contribution in [2.24, 2.45) is 0 Å². The lowest BCUT2D eigenvalue weighted by atomic mass is 10.7. The summed E-state index contributed by atoms with van der Waals surface area (Å²) >= 11 is 0. The van der Waals surface area contributed by atoms with Crippen LogP contribution in [0.4, 0.5) is 4.48 Å². The zero-order valence-corrected chi connectivity index (χ0v) is 8.05. The van der Waals surface area contributed by atoms with Gasteiger partial charge in [0.15, 0.2) is 0 Å². The van der Waals surface area contributed by atoms with Crippen molar-refractivity contribution in [3.8, 4) is 0 Å². The maximum atomic E-state index is 11.3. The van der Waals surface area contributed by atoms with Crippen LogP contribution in [0.2, 0.25) is 0 Å². The Kier molecular flexibility index (Phi) is 11.6. The smallest absolute Gasteiger partial charge is 0.0701 e. The molecule has 0 unspecified atom stereocenters. The van der Waals surface area contributed by atoms with Gasteiger partial charge < -0.3 is 14.2 Å². The molecule has 0 saturated heterocycles. The molecule has 0 aliphatic heterocycles. The summed E-state index contributed by atoms with van der Waals surface area (Å²) in [4.78, 5) is 0. The highest BCUT2D eigenvalue weighted by atomic mass is 19.2. The van der Waals surface area contributed by atoms with E-state index in [9.17, 15) is 4.48 Å². The Morgan fingerprint density at radius 1 is 0.923 bits per heavy atom. The van der Waals surface area contributed by atoms with E-state index in [2.05, 4.69) is 0 Å². The molecule has 1 N–H and O–H groups in total. The molecule has 4 nitrogen and oxygen atoms in total. The second kappa shape index (κ2) is 11.8. The molecule has 0 amide bonds. The first-order valence-corrected chi connectivity index (χ1v) is 4.48. The minimum Gasteiger partial charge on any atom is -0.379 e. The highest BCUT2D eigenvalue weighted by Crippen LogP contribution is 1.80. The number of ether oxygens (including phenoxy) is 3. The van der Waals surface area contributed by atoms with Gasteiger partial charge in [0.25, 0.3) is 0 Å². The lowest BCUT2D eigenvalue weighted by molar-refractivity contribution is 0.0158. The van der Waals surface area contributed by atoms with Crippen LogP contribution in [0, 0.1) is 0 Å². The molecule has 0 aromatic rings. The van der Waals surface area contributed by atoms with E-state index in [-0.39, 0.29) is 6.54 Å². The van der Waals surface area contributed by atoms with Gasteiger partial charge in [-0.2, -0.15) is 5.54 Å². The van der Waals surface area contributed by atoms with Crippen LogP contribution in [0.1, 0.15) is 6.92 Å². The quantitative estimate of drug-likeness (QED) is 0.408. The molecule has 0 rings (SSSR count). The first kappa shape index (κ1) is 12.8. The highest BCUT2D eigenvalue weighted by molar-refractivity contribution is 4.34. The number of hydrogen-bond acceptors (Lipinski definition) is 4. The number of nitrogens with one attached hydrogen (secondary N) is 1. The Balaban J connectivity index is 2.76. The van der Waals surface area contributed by atoms with Crippen LogP contribution in [-0.2, 0) is 14.2 Å². The normalized spacial score (nSPS) is 10.6. The molecule has 0 heterocycles. The Labute approximate surface area is 78.3 Å². The Bertz CT molecular complexity index is 85.5. The van der Waals surface area contributed by atoms with E-state index in [1.807, 2.05) is 6.92 Å². The third kappa shape index (κ3) is 11.8. The van der Waals surface area contributed by atoms with E-state index in [0.29, 0.717) is 39.6 Å². The molecule has 0 radical (unpaired) electrons. The van der Waals surface area contributed by atoms with Crippen LogP contribution in [0.15, 0.2) is 0 Å². The van der Waals surface area contributed by atoms with E-state index in [1.165, 1.54) is 5.54 Å². The molecule has 0 aromatic heterocycles. The van der Waals surface area contributed by atoms with Gasteiger partial charge in [-0.15, -0.1) is 4.48 Å². The molecule has 0 bridgehead atoms. The maximum Gasteiger partial charge on any atom is 0.0701 e. The fourth-order valence-electron chi connectivity index (χ4n) is 0.695. The fourth-order valence-corrected chi connectivity index (χ4v) is 0.695. The van der Waals surface area contributed by atoms with Crippen molar-refractivity contribution in [1.82, 2.24) is 5.54 Å². The minimum atomic E-state index is 0.221. The highest BCUT2D eigenvalue weighted by Gasteiger charge is 1.89. The van der Waals surface area contributed by atoms with Crippen molar-refractivity contribution in [2.75, 3.05) is 46.2 Å². The molecule has 0 atom stereocenters.